The molecule has 0 saturated heterocycles. The predicted molar refractivity (Wildman–Crippen MR) is 229 cm³/mol. The third-order valence-electron chi connectivity index (χ3n) is 11.9. The van der Waals surface area contributed by atoms with Crippen molar-refractivity contribution >= 4 is 23.6 Å². The molecule has 1 atom stereocenters. The molecule has 0 radical (unpaired) electrons. The lowest BCUT2D eigenvalue weighted by Crippen LogP contribution is -2.71. The van der Waals surface area contributed by atoms with Crippen molar-refractivity contribution in [2.75, 3.05) is 0 Å². The molecule has 1 aliphatic carbocycles. The molecule has 1 aliphatic rings. The van der Waals surface area contributed by atoms with Crippen molar-refractivity contribution in [1.29, 1.82) is 0 Å². The molecule has 52 heavy (non-hydrogen) atoms. The van der Waals surface area contributed by atoms with Gasteiger partial charge in [0.25, 0.3) is 0 Å². The van der Waals surface area contributed by atoms with E-state index in [1.807, 2.05) is 0 Å². The zero-order chi connectivity index (χ0) is 36.9. The number of benzene rings is 6. The molecule has 0 nitrogen and oxygen atoms in total. The van der Waals surface area contributed by atoms with Gasteiger partial charge in [0.05, 0.1) is 0 Å². The molecular weight excluding hydrogens is 641 g/mol. The molecule has 0 saturated carbocycles. The molecule has 0 spiro atoms. The Bertz CT molecular complexity index is 2140. The third-order valence-corrected chi connectivity index (χ3v) is 17.1. The van der Waals surface area contributed by atoms with E-state index >= 15 is 0 Å². The lowest BCUT2D eigenvalue weighted by atomic mass is 9.97. The molecule has 0 heterocycles. The summed E-state index contributed by atoms with van der Waals surface area (Å²) in [6.45, 7) is 23.6. The van der Waals surface area contributed by atoms with Gasteiger partial charge < -0.3 is 0 Å². The second-order valence-corrected chi connectivity index (χ2v) is 19.1. The summed E-state index contributed by atoms with van der Waals surface area (Å²) in [5.41, 5.74) is 20.3. The van der Waals surface area contributed by atoms with Crippen molar-refractivity contribution in [2.45, 2.75) is 69.2 Å². The van der Waals surface area contributed by atoms with Gasteiger partial charge in [-0.1, -0.05) is 167 Å². The predicted octanol–water partition coefficient (Wildman–Crippen LogP) is 11.9. The van der Waals surface area contributed by atoms with E-state index in [0.717, 1.165) is 0 Å². The summed E-state index contributed by atoms with van der Waals surface area (Å²) >= 11 is 0. The van der Waals surface area contributed by atoms with Crippen molar-refractivity contribution in [3.05, 3.63) is 183 Å². The summed E-state index contributed by atoms with van der Waals surface area (Å²) in [6, 6.07) is 48.6. The largest absolute Gasteiger partial charge is 0.178 e. The summed E-state index contributed by atoms with van der Waals surface area (Å²) in [4.78, 5) is 0. The van der Waals surface area contributed by atoms with E-state index in [1.54, 1.807) is 5.20 Å². The van der Waals surface area contributed by atoms with Gasteiger partial charge in [-0.2, -0.15) is 0 Å². The van der Waals surface area contributed by atoms with Crippen LogP contribution in [0.3, 0.4) is 0 Å². The first-order valence-electron chi connectivity index (χ1n) is 18.9. The van der Waals surface area contributed by atoms with E-state index in [9.17, 15) is 0 Å². The van der Waals surface area contributed by atoms with Crippen LogP contribution in [0.25, 0.3) is 33.4 Å². The average Bonchev–Trinajstić information content (AvgIpc) is 3.31. The highest BCUT2D eigenvalue weighted by Gasteiger charge is 2.52. The zero-order valence-electron chi connectivity index (χ0n) is 32.7. The number of allylic oxidation sites excluding steroid dienone is 4. The monoisotopic (exact) mass is 692 g/mol. The molecular formula is C51H52Si. The van der Waals surface area contributed by atoms with Crippen LogP contribution in [-0.2, 0) is 0 Å². The van der Waals surface area contributed by atoms with Crippen LogP contribution in [0.4, 0.5) is 0 Å². The first kappa shape index (κ1) is 35.4. The Balaban J connectivity index is 1.86. The Kier molecular flexibility index (Phi) is 9.44. The molecule has 0 bridgehead atoms. The normalized spacial score (nSPS) is 14.8. The second-order valence-electron chi connectivity index (χ2n) is 15.4. The van der Waals surface area contributed by atoms with Gasteiger partial charge in [0.2, 0.25) is 0 Å². The topological polar surface area (TPSA) is 0 Å². The van der Waals surface area contributed by atoms with Gasteiger partial charge >= 0.3 is 0 Å². The second kappa shape index (κ2) is 13.9. The zero-order valence-corrected chi connectivity index (χ0v) is 33.7. The van der Waals surface area contributed by atoms with Crippen molar-refractivity contribution in [3.8, 4) is 33.4 Å². The van der Waals surface area contributed by atoms with Crippen LogP contribution in [0, 0.1) is 47.5 Å². The average molecular weight is 693 g/mol. The van der Waals surface area contributed by atoms with E-state index < -0.39 is 8.07 Å². The third kappa shape index (κ3) is 5.76. The number of hydrogen-bond donors (Lipinski definition) is 0. The molecule has 0 aliphatic heterocycles. The van der Waals surface area contributed by atoms with Crippen molar-refractivity contribution in [3.63, 3.8) is 0 Å². The fraction of sp³-hybridized carbons (Fsp3) is 0.216. The lowest BCUT2D eigenvalue weighted by molar-refractivity contribution is 0.851. The van der Waals surface area contributed by atoms with Gasteiger partial charge in [-0.15, -0.1) is 0 Å². The molecule has 0 fully saturated rings. The van der Waals surface area contributed by atoms with Gasteiger partial charge in [-0.3, -0.25) is 0 Å². The maximum absolute atomic E-state index is 3.23. The first-order valence-corrected chi connectivity index (χ1v) is 20.9. The minimum Gasteiger partial charge on any atom is -0.0636 e. The first-order chi connectivity index (χ1) is 24.9. The maximum Gasteiger partial charge on any atom is 0.178 e. The molecule has 7 rings (SSSR count). The molecule has 6 aromatic carbocycles. The molecule has 0 aromatic heterocycles. The lowest BCUT2D eigenvalue weighted by Gasteiger charge is -2.43. The van der Waals surface area contributed by atoms with E-state index in [0.29, 0.717) is 0 Å². The van der Waals surface area contributed by atoms with Crippen LogP contribution in [-0.4, -0.2) is 8.07 Å². The highest BCUT2D eigenvalue weighted by atomic mass is 28.3. The molecule has 0 N–H and O–H groups in total. The van der Waals surface area contributed by atoms with E-state index in [4.69, 9.17) is 0 Å². The number of aryl methyl sites for hydroxylation is 6. The fourth-order valence-electron chi connectivity index (χ4n) is 9.59. The number of hydrogen-bond acceptors (Lipinski definition) is 0. The highest BCUT2D eigenvalue weighted by molar-refractivity contribution is 7.18. The van der Waals surface area contributed by atoms with E-state index in [1.165, 1.54) is 99.0 Å². The van der Waals surface area contributed by atoms with Gasteiger partial charge in [0.15, 0.2) is 8.07 Å². The van der Waals surface area contributed by atoms with Crippen molar-refractivity contribution in [1.82, 2.24) is 0 Å². The maximum atomic E-state index is 2.59. The Hall–Kier alpha value is -4.98. The standard InChI is InChI=1S/C51H52Si/c1-32-26-35(4)48(42-20-14-11-15-21-42)45(29-32)52(51-40(9)38(7)39(8)41(51)10,46-30-33(2)27-36(5)49(46)43-22-16-12-17-23-43)47-31-34(3)28-37(6)50(47)44-24-18-13-19-25-44/h11-31,40H,1-10H3. The minimum absolute atomic E-state index is 0.282. The fourth-order valence-corrected chi connectivity index (χ4v) is 16.4. The summed E-state index contributed by atoms with van der Waals surface area (Å²) in [7, 11) is -3.23. The highest BCUT2D eigenvalue weighted by Crippen LogP contribution is 2.45. The summed E-state index contributed by atoms with van der Waals surface area (Å²) in [5.74, 6) is 0.282. The van der Waals surface area contributed by atoms with Crippen LogP contribution < -0.4 is 15.6 Å². The molecule has 1 heteroatoms. The Morgan fingerprint density at radius 2 is 0.692 bits per heavy atom. The van der Waals surface area contributed by atoms with Crippen LogP contribution in [0.2, 0.25) is 0 Å². The molecule has 6 aromatic rings. The SMILES string of the molecule is CC1=C(C)C(C)C([Si](c2cc(C)cc(C)c2-c2ccccc2)(c2cc(C)cc(C)c2-c2ccccc2)c2cc(C)cc(C)c2-c2ccccc2)=C1C. The molecule has 1 unspecified atom stereocenters. The molecule has 0 amide bonds. The quantitative estimate of drug-likeness (QED) is 0.115. The van der Waals surface area contributed by atoms with Crippen LogP contribution in [0.5, 0.6) is 0 Å². The van der Waals surface area contributed by atoms with E-state index in [-0.39, 0.29) is 5.92 Å². The van der Waals surface area contributed by atoms with Gasteiger partial charge in [0.1, 0.15) is 0 Å². The van der Waals surface area contributed by atoms with Crippen molar-refractivity contribution < 1.29 is 0 Å². The summed E-state index contributed by atoms with van der Waals surface area (Å²) in [5, 5.41) is 6.09. The minimum atomic E-state index is -3.23. The van der Waals surface area contributed by atoms with Crippen molar-refractivity contribution in [2.24, 2.45) is 5.92 Å². The van der Waals surface area contributed by atoms with Gasteiger partial charge in [0, 0.05) is 0 Å². The summed E-state index contributed by atoms with van der Waals surface area (Å²) < 4.78 is 0. The summed E-state index contributed by atoms with van der Waals surface area (Å²) in [6.07, 6.45) is 0. The smallest absolute Gasteiger partial charge is 0.0636 e. The Morgan fingerprint density at radius 3 is 0.962 bits per heavy atom. The van der Waals surface area contributed by atoms with Crippen LogP contribution in [0.1, 0.15) is 61.1 Å². The van der Waals surface area contributed by atoms with Gasteiger partial charge in [-0.25, -0.2) is 0 Å². The van der Waals surface area contributed by atoms with Gasteiger partial charge in [-0.05, 0) is 139 Å². The van der Waals surface area contributed by atoms with Crippen LogP contribution >= 0.6 is 0 Å². The number of rotatable bonds is 7. The Labute approximate surface area is 313 Å². The van der Waals surface area contributed by atoms with E-state index in [2.05, 4.69) is 197 Å². The molecule has 260 valence electrons. The van der Waals surface area contributed by atoms with Crippen LogP contribution in [0.15, 0.2) is 149 Å². The Morgan fingerprint density at radius 1 is 0.385 bits per heavy atom.